The fourth-order valence-electron chi connectivity index (χ4n) is 0.855. The number of hydrogen-bond donors (Lipinski definition) is 0. The number of hydrogen-bond acceptors (Lipinski definition) is 2. The van der Waals surface area contributed by atoms with Gasteiger partial charge in [0.1, 0.15) is 0 Å². The van der Waals surface area contributed by atoms with Crippen molar-refractivity contribution in [3.63, 3.8) is 0 Å². The van der Waals surface area contributed by atoms with Crippen LogP contribution in [0.15, 0.2) is 4.99 Å². The number of aromatic nitrogens is 1. The van der Waals surface area contributed by atoms with Crippen molar-refractivity contribution in [3.8, 4) is 0 Å². The van der Waals surface area contributed by atoms with Crippen LogP contribution in [0.5, 0.6) is 0 Å². The van der Waals surface area contributed by atoms with E-state index in [2.05, 4.69) is 23.4 Å². The third-order valence-electron chi connectivity index (χ3n) is 1.74. The molecule has 1 heterocycles. The zero-order valence-electron chi connectivity index (χ0n) is 6.80. The third kappa shape index (κ3) is 1.01. The molecule has 1 aromatic heterocycles. The second-order valence-corrected chi connectivity index (χ2v) is 3.49. The Morgan fingerprint density at radius 3 is 2.20 bits per heavy atom. The molecule has 0 aromatic carbocycles. The van der Waals surface area contributed by atoms with Crippen LogP contribution in [0.25, 0.3) is 0 Å². The van der Waals surface area contributed by atoms with Gasteiger partial charge in [-0.2, -0.15) is 0 Å². The van der Waals surface area contributed by atoms with Crippen LogP contribution in [0, 0.1) is 13.8 Å². The third-order valence-corrected chi connectivity index (χ3v) is 2.98. The zero-order chi connectivity index (χ0) is 7.72. The topological polar surface area (TPSA) is 17.3 Å². The summed E-state index contributed by atoms with van der Waals surface area (Å²) in [6.07, 6.45) is 0. The summed E-state index contributed by atoms with van der Waals surface area (Å²) in [6.45, 7) is 4.23. The van der Waals surface area contributed by atoms with Gasteiger partial charge in [-0.25, -0.2) is 0 Å². The van der Waals surface area contributed by atoms with Gasteiger partial charge in [-0.1, -0.05) is 0 Å². The van der Waals surface area contributed by atoms with E-state index in [9.17, 15) is 0 Å². The Labute approximate surface area is 64.9 Å². The van der Waals surface area contributed by atoms with Gasteiger partial charge in [-0.3, -0.25) is 4.99 Å². The van der Waals surface area contributed by atoms with Crippen molar-refractivity contribution in [2.24, 2.45) is 12.0 Å². The Morgan fingerprint density at radius 2 is 2.00 bits per heavy atom. The fourth-order valence-corrected chi connectivity index (χ4v) is 1.78. The van der Waals surface area contributed by atoms with Crippen molar-refractivity contribution in [3.05, 3.63) is 15.4 Å². The number of rotatable bonds is 0. The van der Waals surface area contributed by atoms with Crippen molar-refractivity contribution in [1.82, 2.24) is 4.57 Å². The van der Waals surface area contributed by atoms with E-state index in [0.29, 0.717) is 0 Å². The first-order valence-electron chi connectivity index (χ1n) is 3.22. The highest BCUT2D eigenvalue weighted by molar-refractivity contribution is 7.09. The van der Waals surface area contributed by atoms with Crippen LogP contribution < -0.4 is 4.80 Å². The predicted octanol–water partition coefficient (Wildman–Crippen LogP) is 1.23. The van der Waals surface area contributed by atoms with E-state index in [4.69, 9.17) is 0 Å². The Hall–Kier alpha value is -0.570. The van der Waals surface area contributed by atoms with Gasteiger partial charge in [-0.15, -0.1) is 11.3 Å². The molecule has 0 amide bonds. The van der Waals surface area contributed by atoms with Crippen molar-refractivity contribution in [2.75, 3.05) is 7.05 Å². The molecule has 0 aliphatic heterocycles. The molecule has 0 aliphatic rings. The second kappa shape index (κ2) is 2.58. The van der Waals surface area contributed by atoms with Gasteiger partial charge in [0.2, 0.25) is 0 Å². The SMILES string of the molecule is CN=c1sc(C)c(C)n1C. The van der Waals surface area contributed by atoms with E-state index in [1.54, 1.807) is 11.3 Å². The lowest BCUT2D eigenvalue weighted by Gasteiger charge is -1.93. The molecule has 3 heteroatoms. The Bertz CT molecular complexity index is 293. The van der Waals surface area contributed by atoms with Crippen LogP contribution in [0.4, 0.5) is 0 Å². The lowest BCUT2D eigenvalue weighted by Crippen LogP contribution is -2.10. The van der Waals surface area contributed by atoms with Gasteiger partial charge in [0.05, 0.1) is 0 Å². The van der Waals surface area contributed by atoms with Gasteiger partial charge in [-0.05, 0) is 13.8 Å². The summed E-state index contributed by atoms with van der Waals surface area (Å²) in [5.41, 5.74) is 1.31. The van der Waals surface area contributed by atoms with Gasteiger partial charge in [0.25, 0.3) is 0 Å². The molecule has 1 rings (SSSR count). The minimum atomic E-state index is 1.09. The smallest absolute Gasteiger partial charge is 0.184 e. The normalized spacial score (nSPS) is 12.6. The highest BCUT2D eigenvalue weighted by Crippen LogP contribution is 2.06. The molecule has 0 spiro atoms. The lowest BCUT2D eigenvalue weighted by molar-refractivity contribution is 0.825. The maximum atomic E-state index is 4.13. The minimum absolute atomic E-state index is 1.09. The molecule has 2 nitrogen and oxygen atoms in total. The highest BCUT2D eigenvalue weighted by Gasteiger charge is 1.99. The Morgan fingerprint density at radius 1 is 1.40 bits per heavy atom. The van der Waals surface area contributed by atoms with Crippen molar-refractivity contribution in [2.45, 2.75) is 13.8 Å². The van der Waals surface area contributed by atoms with Crippen LogP contribution >= 0.6 is 11.3 Å². The van der Waals surface area contributed by atoms with E-state index < -0.39 is 0 Å². The highest BCUT2D eigenvalue weighted by atomic mass is 32.1. The van der Waals surface area contributed by atoms with E-state index in [1.165, 1.54) is 10.6 Å². The lowest BCUT2D eigenvalue weighted by atomic mass is 10.4. The summed E-state index contributed by atoms with van der Waals surface area (Å²) >= 11 is 1.74. The summed E-state index contributed by atoms with van der Waals surface area (Å²) in [4.78, 5) is 6.58. The van der Waals surface area contributed by atoms with Crippen LogP contribution in [-0.4, -0.2) is 11.6 Å². The van der Waals surface area contributed by atoms with Crippen LogP contribution in [-0.2, 0) is 7.05 Å². The van der Waals surface area contributed by atoms with Gasteiger partial charge >= 0.3 is 0 Å². The number of thiazole rings is 1. The summed E-state index contributed by atoms with van der Waals surface area (Å²) < 4.78 is 2.11. The van der Waals surface area contributed by atoms with E-state index in [0.717, 1.165) is 4.80 Å². The molecule has 1 aromatic rings. The number of aryl methyl sites for hydroxylation is 1. The standard InChI is InChI=1S/C7H12N2S/c1-5-6(2)10-7(8-3)9(5)4/h1-4H3. The average Bonchev–Trinajstić information content (AvgIpc) is 2.17. The molecule has 0 aliphatic carbocycles. The molecule has 0 unspecified atom stereocenters. The Balaban J connectivity index is 3.46. The summed E-state index contributed by atoms with van der Waals surface area (Å²) in [5, 5.41) is 0. The fraction of sp³-hybridized carbons (Fsp3) is 0.571. The second-order valence-electron chi connectivity index (χ2n) is 2.31. The quantitative estimate of drug-likeness (QED) is 0.537. The monoisotopic (exact) mass is 156 g/mol. The Kier molecular flexibility index (Phi) is 1.94. The molecule has 0 atom stereocenters. The summed E-state index contributed by atoms with van der Waals surface area (Å²) in [6, 6.07) is 0. The maximum absolute atomic E-state index is 4.13. The predicted molar refractivity (Wildman–Crippen MR) is 44.3 cm³/mol. The molecule has 10 heavy (non-hydrogen) atoms. The number of nitrogens with zero attached hydrogens (tertiary/aromatic N) is 2. The molecule has 0 fully saturated rings. The first-order valence-corrected chi connectivity index (χ1v) is 4.04. The summed E-state index contributed by atoms with van der Waals surface area (Å²) in [7, 11) is 3.87. The van der Waals surface area contributed by atoms with Crippen molar-refractivity contribution >= 4 is 11.3 Å². The van der Waals surface area contributed by atoms with Crippen LogP contribution in [0.1, 0.15) is 10.6 Å². The van der Waals surface area contributed by atoms with Crippen LogP contribution in [0.2, 0.25) is 0 Å². The molecule has 0 saturated heterocycles. The van der Waals surface area contributed by atoms with Crippen molar-refractivity contribution in [1.29, 1.82) is 0 Å². The van der Waals surface area contributed by atoms with E-state index in [1.807, 2.05) is 14.1 Å². The first-order chi connectivity index (χ1) is 4.66. The molecule has 0 radical (unpaired) electrons. The minimum Gasteiger partial charge on any atom is -0.324 e. The largest absolute Gasteiger partial charge is 0.324 e. The summed E-state index contributed by atoms with van der Waals surface area (Å²) in [5.74, 6) is 0. The zero-order valence-corrected chi connectivity index (χ0v) is 7.62. The first kappa shape index (κ1) is 7.54. The molecular formula is C7H12N2S. The maximum Gasteiger partial charge on any atom is 0.184 e. The molecule has 0 saturated carbocycles. The van der Waals surface area contributed by atoms with Gasteiger partial charge in [0, 0.05) is 24.7 Å². The van der Waals surface area contributed by atoms with E-state index in [-0.39, 0.29) is 0 Å². The molecule has 0 bridgehead atoms. The molecule has 56 valence electrons. The molecule has 0 N–H and O–H groups in total. The van der Waals surface area contributed by atoms with E-state index >= 15 is 0 Å². The van der Waals surface area contributed by atoms with Crippen molar-refractivity contribution < 1.29 is 0 Å². The molecular weight excluding hydrogens is 144 g/mol. The van der Waals surface area contributed by atoms with Gasteiger partial charge < -0.3 is 4.57 Å². The van der Waals surface area contributed by atoms with Crippen LogP contribution in [0.3, 0.4) is 0 Å². The average molecular weight is 156 g/mol. The van der Waals surface area contributed by atoms with Gasteiger partial charge in [0.15, 0.2) is 4.80 Å².